The average molecular weight is 302 g/mol. The number of halogens is 1. The van der Waals surface area contributed by atoms with Crippen molar-refractivity contribution in [3.8, 4) is 5.88 Å². The third-order valence-corrected chi connectivity index (χ3v) is 3.66. The highest BCUT2D eigenvalue weighted by Gasteiger charge is 2.14. The van der Waals surface area contributed by atoms with Crippen LogP contribution in [0.3, 0.4) is 0 Å². The molecule has 1 aromatic heterocycles. The summed E-state index contributed by atoms with van der Waals surface area (Å²) in [5.41, 5.74) is 0.773. The number of piperazine rings is 1. The second-order valence-corrected chi connectivity index (χ2v) is 5.27. The monoisotopic (exact) mass is 302 g/mol. The number of nitrogens with one attached hydrogen (secondary N) is 1. The average Bonchev–Trinajstić information content (AvgIpc) is 2.56. The normalized spacial score (nSPS) is 16.4. The summed E-state index contributed by atoms with van der Waals surface area (Å²) < 4.78 is 19.1. The molecule has 1 saturated heterocycles. The largest absolute Gasteiger partial charge is 0.469 e. The van der Waals surface area contributed by atoms with Crippen molar-refractivity contribution in [2.75, 3.05) is 31.1 Å². The number of benzene rings is 1. The van der Waals surface area contributed by atoms with Crippen molar-refractivity contribution >= 4 is 5.82 Å². The van der Waals surface area contributed by atoms with E-state index < -0.39 is 0 Å². The molecule has 116 valence electrons. The first kappa shape index (κ1) is 14.7. The Morgan fingerprint density at radius 2 is 2.09 bits per heavy atom. The van der Waals surface area contributed by atoms with Crippen LogP contribution in [0.5, 0.6) is 5.88 Å². The van der Waals surface area contributed by atoms with Crippen LogP contribution < -0.4 is 15.0 Å². The fourth-order valence-electron chi connectivity index (χ4n) is 2.45. The van der Waals surface area contributed by atoms with Gasteiger partial charge in [-0.2, -0.15) is 4.98 Å². The highest BCUT2D eigenvalue weighted by molar-refractivity contribution is 5.38. The van der Waals surface area contributed by atoms with Crippen molar-refractivity contribution in [1.82, 2.24) is 15.3 Å². The van der Waals surface area contributed by atoms with Gasteiger partial charge in [0.1, 0.15) is 11.9 Å². The number of aromatic nitrogens is 2. The lowest BCUT2D eigenvalue weighted by molar-refractivity contribution is 0.216. The standard InChI is InChI=1S/C16H19FN4O/c1-12(13-3-2-4-14(17)9-13)22-16-11-19-10-15(20-16)21-7-5-18-6-8-21/h2-4,9-12,18H,5-8H2,1H3/t12-/m1/s1. The van der Waals surface area contributed by atoms with Gasteiger partial charge in [-0.1, -0.05) is 12.1 Å². The third-order valence-electron chi connectivity index (χ3n) is 3.66. The van der Waals surface area contributed by atoms with E-state index in [1.807, 2.05) is 13.0 Å². The van der Waals surface area contributed by atoms with Crippen molar-refractivity contribution < 1.29 is 9.13 Å². The number of rotatable bonds is 4. The molecule has 3 rings (SSSR count). The van der Waals surface area contributed by atoms with Crippen molar-refractivity contribution in [2.24, 2.45) is 0 Å². The highest BCUT2D eigenvalue weighted by Crippen LogP contribution is 2.22. The van der Waals surface area contributed by atoms with Crippen molar-refractivity contribution in [1.29, 1.82) is 0 Å². The van der Waals surface area contributed by atoms with Gasteiger partial charge in [0.15, 0.2) is 5.82 Å². The van der Waals surface area contributed by atoms with Crippen LogP contribution in [-0.4, -0.2) is 36.1 Å². The third kappa shape index (κ3) is 3.51. The zero-order chi connectivity index (χ0) is 15.4. The van der Waals surface area contributed by atoms with Crippen LogP contribution in [-0.2, 0) is 0 Å². The van der Waals surface area contributed by atoms with Crippen LogP contribution in [0.4, 0.5) is 10.2 Å². The van der Waals surface area contributed by atoms with E-state index in [0.29, 0.717) is 5.88 Å². The van der Waals surface area contributed by atoms with Crippen molar-refractivity contribution in [2.45, 2.75) is 13.0 Å². The molecule has 1 fully saturated rings. The smallest absolute Gasteiger partial charge is 0.234 e. The second kappa shape index (κ2) is 6.70. The Balaban J connectivity index is 1.72. The van der Waals surface area contributed by atoms with E-state index in [1.54, 1.807) is 18.5 Å². The summed E-state index contributed by atoms with van der Waals surface area (Å²) in [7, 11) is 0. The highest BCUT2D eigenvalue weighted by atomic mass is 19.1. The maximum Gasteiger partial charge on any atom is 0.234 e. The molecule has 2 aromatic rings. The van der Waals surface area contributed by atoms with Gasteiger partial charge < -0.3 is 15.0 Å². The van der Waals surface area contributed by atoms with Gasteiger partial charge in [0.25, 0.3) is 0 Å². The van der Waals surface area contributed by atoms with E-state index in [1.165, 1.54) is 12.1 Å². The zero-order valence-corrected chi connectivity index (χ0v) is 12.5. The number of hydrogen-bond acceptors (Lipinski definition) is 5. The van der Waals surface area contributed by atoms with Gasteiger partial charge in [-0.25, -0.2) is 4.39 Å². The van der Waals surface area contributed by atoms with Gasteiger partial charge in [0.05, 0.1) is 12.4 Å². The van der Waals surface area contributed by atoms with Crippen LogP contribution in [0.1, 0.15) is 18.6 Å². The Hall–Kier alpha value is -2.21. The molecule has 1 N–H and O–H groups in total. The van der Waals surface area contributed by atoms with E-state index in [-0.39, 0.29) is 11.9 Å². The molecule has 5 nitrogen and oxygen atoms in total. The van der Waals surface area contributed by atoms with Gasteiger partial charge in [0, 0.05) is 26.2 Å². The molecule has 0 unspecified atom stereocenters. The van der Waals surface area contributed by atoms with Crippen LogP contribution in [0.2, 0.25) is 0 Å². The van der Waals surface area contributed by atoms with Gasteiger partial charge in [-0.05, 0) is 24.6 Å². The summed E-state index contributed by atoms with van der Waals surface area (Å²) in [4.78, 5) is 10.9. The van der Waals surface area contributed by atoms with Crippen molar-refractivity contribution in [3.63, 3.8) is 0 Å². The Morgan fingerprint density at radius 1 is 1.27 bits per heavy atom. The van der Waals surface area contributed by atoms with E-state index in [0.717, 1.165) is 37.6 Å². The van der Waals surface area contributed by atoms with Gasteiger partial charge in [-0.3, -0.25) is 4.98 Å². The minimum atomic E-state index is -0.289. The number of nitrogens with zero attached hydrogens (tertiary/aromatic N) is 3. The number of ether oxygens (including phenoxy) is 1. The number of anilines is 1. The van der Waals surface area contributed by atoms with E-state index in [2.05, 4.69) is 20.2 Å². The molecule has 0 spiro atoms. The van der Waals surface area contributed by atoms with Crippen LogP contribution in [0.25, 0.3) is 0 Å². The molecule has 1 aliphatic rings. The van der Waals surface area contributed by atoms with E-state index in [9.17, 15) is 4.39 Å². The van der Waals surface area contributed by atoms with E-state index in [4.69, 9.17) is 4.74 Å². The predicted molar refractivity (Wildman–Crippen MR) is 82.6 cm³/mol. The first-order chi connectivity index (χ1) is 10.7. The maximum atomic E-state index is 13.3. The molecule has 1 aliphatic heterocycles. The summed E-state index contributed by atoms with van der Waals surface area (Å²) in [6, 6.07) is 6.40. The molecule has 0 aliphatic carbocycles. The molecule has 0 bridgehead atoms. The lowest BCUT2D eigenvalue weighted by Crippen LogP contribution is -2.43. The summed E-state index contributed by atoms with van der Waals surface area (Å²) in [6.07, 6.45) is 3.04. The molecule has 2 heterocycles. The Bertz CT molecular complexity index is 631. The minimum absolute atomic E-state index is 0.270. The van der Waals surface area contributed by atoms with E-state index >= 15 is 0 Å². The fraction of sp³-hybridized carbons (Fsp3) is 0.375. The molecule has 0 amide bonds. The summed E-state index contributed by atoms with van der Waals surface area (Å²) in [5.74, 6) is 0.992. The Labute approximate surface area is 129 Å². The van der Waals surface area contributed by atoms with Crippen LogP contribution >= 0.6 is 0 Å². The summed E-state index contributed by atoms with van der Waals surface area (Å²) in [5, 5.41) is 3.30. The summed E-state index contributed by atoms with van der Waals surface area (Å²) >= 11 is 0. The maximum absolute atomic E-state index is 13.3. The van der Waals surface area contributed by atoms with Gasteiger partial charge in [0.2, 0.25) is 5.88 Å². The van der Waals surface area contributed by atoms with Gasteiger partial charge in [-0.15, -0.1) is 0 Å². The zero-order valence-electron chi connectivity index (χ0n) is 12.5. The predicted octanol–water partition coefficient (Wildman–Crippen LogP) is 2.17. The first-order valence-electron chi connectivity index (χ1n) is 7.42. The molecule has 0 saturated carbocycles. The Morgan fingerprint density at radius 3 is 2.86 bits per heavy atom. The first-order valence-corrected chi connectivity index (χ1v) is 7.42. The topological polar surface area (TPSA) is 50.3 Å². The summed E-state index contributed by atoms with van der Waals surface area (Å²) in [6.45, 7) is 5.54. The molecule has 1 atom stereocenters. The molecule has 0 radical (unpaired) electrons. The lowest BCUT2D eigenvalue weighted by Gasteiger charge is -2.28. The second-order valence-electron chi connectivity index (χ2n) is 5.27. The molecule has 6 heteroatoms. The quantitative estimate of drug-likeness (QED) is 0.938. The fourth-order valence-corrected chi connectivity index (χ4v) is 2.45. The minimum Gasteiger partial charge on any atom is -0.469 e. The van der Waals surface area contributed by atoms with Crippen LogP contribution in [0, 0.1) is 5.82 Å². The lowest BCUT2D eigenvalue weighted by atomic mass is 10.1. The molecule has 22 heavy (non-hydrogen) atoms. The molecule has 1 aromatic carbocycles. The number of hydrogen-bond donors (Lipinski definition) is 1. The molecular weight excluding hydrogens is 283 g/mol. The van der Waals surface area contributed by atoms with Gasteiger partial charge >= 0.3 is 0 Å². The Kier molecular flexibility index (Phi) is 4.48. The SMILES string of the molecule is C[C@@H](Oc1cncc(N2CCNCC2)n1)c1cccc(F)c1. The van der Waals surface area contributed by atoms with Crippen molar-refractivity contribution in [3.05, 3.63) is 48.0 Å². The molecular formula is C16H19FN4O. The van der Waals surface area contributed by atoms with Crippen LogP contribution in [0.15, 0.2) is 36.7 Å².